The number of rotatable bonds is 6. The number of benzene rings is 2. The van der Waals surface area contributed by atoms with Gasteiger partial charge >= 0.3 is 6.36 Å². The van der Waals surface area contributed by atoms with Crippen LogP contribution in [0, 0.1) is 5.82 Å². The molecule has 1 aliphatic rings. The number of hydrogen-bond acceptors (Lipinski definition) is 5. The molecule has 0 spiro atoms. The maximum absolute atomic E-state index is 14.3. The van der Waals surface area contributed by atoms with E-state index in [1.165, 1.54) is 48.9 Å². The molecule has 0 atom stereocenters. The van der Waals surface area contributed by atoms with Crippen molar-refractivity contribution in [3.8, 4) is 17.0 Å². The molecule has 0 amide bonds. The molecule has 1 aliphatic carbocycles. The highest BCUT2D eigenvalue weighted by Crippen LogP contribution is 2.32. The van der Waals surface area contributed by atoms with Crippen LogP contribution in [0.3, 0.4) is 0 Å². The molecule has 1 heterocycles. The molecule has 33 heavy (non-hydrogen) atoms. The Morgan fingerprint density at radius 3 is 2.45 bits per heavy atom. The first-order valence-electron chi connectivity index (χ1n) is 10.5. The molecule has 1 aromatic heterocycles. The zero-order valence-electron chi connectivity index (χ0n) is 17.4. The Morgan fingerprint density at radius 2 is 1.73 bits per heavy atom. The van der Waals surface area contributed by atoms with Crippen molar-refractivity contribution in [2.24, 2.45) is 0 Å². The van der Waals surface area contributed by atoms with Crippen molar-refractivity contribution in [2.45, 2.75) is 44.5 Å². The zero-order chi connectivity index (χ0) is 23.4. The van der Waals surface area contributed by atoms with Crippen LogP contribution < -0.4 is 15.4 Å². The van der Waals surface area contributed by atoms with Crippen LogP contribution in [0.2, 0.25) is 5.02 Å². The molecule has 0 radical (unpaired) electrons. The van der Waals surface area contributed by atoms with Gasteiger partial charge in [-0.3, -0.25) is 0 Å². The summed E-state index contributed by atoms with van der Waals surface area (Å²) in [5.74, 6) is -0.402. The fourth-order valence-corrected chi connectivity index (χ4v) is 3.96. The highest BCUT2D eigenvalue weighted by Gasteiger charge is 2.31. The van der Waals surface area contributed by atoms with Crippen molar-refractivity contribution in [1.82, 2.24) is 9.97 Å². The maximum Gasteiger partial charge on any atom is 0.573 e. The van der Waals surface area contributed by atoms with Gasteiger partial charge in [0.25, 0.3) is 0 Å². The van der Waals surface area contributed by atoms with Crippen LogP contribution in [-0.4, -0.2) is 22.4 Å². The van der Waals surface area contributed by atoms with Crippen molar-refractivity contribution in [3.05, 3.63) is 59.4 Å². The summed E-state index contributed by atoms with van der Waals surface area (Å²) in [6.45, 7) is 0. The highest BCUT2D eigenvalue weighted by molar-refractivity contribution is 6.33. The lowest BCUT2D eigenvalue weighted by atomic mass is 9.96. The van der Waals surface area contributed by atoms with E-state index < -0.39 is 12.2 Å². The van der Waals surface area contributed by atoms with Gasteiger partial charge in [-0.2, -0.15) is 4.98 Å². The lowest BCUT2D eigenvalue weighted by molar-refractivity contribution is -0.274. The van der Waals surface area contributed by atoms with Crippen LogP contribution in [0.5, 0.6) is 5.75 Å². The molecule has 10 heteroatoms. The first kappa shape index (κ1) is 23.1. The van der Waals surface area contributed by atoms with Gasteiger partial charge in [-0.25, -0.2) is 9.37 Å². The monoisotopic (exact) mass is 480 g/mol. The largest absolute Gasteiger partial charge is 0.573 e. The van der Waals surface area contributed by atoms with Crippen molar-refractivity contribution >= 4 is 29.1 Å². The van der Waals surface area contributed by atoms with E-state index >= 15 is 0 Å². The second-order valence-electron chi connectivity index (χ2n) is 7.74. The van der Waals surface area contributed by atoms with Gasteiger partial charge in [0.1, 0.15) is 17.4 Å². The lowest BCUT2D eigenvalue weighted by Crippen LogP contribution is -2.23. The van der Waals surface area contributed by atoms with Gasteiger partial charge in [0.2, 0.25) is 5.95 Å². The molecule has 174 valence electrons. The molecule has 0 unspecified atom stereocenters. The van der Waals surface area contributed by atoms with E-state index in [0.717, 1.165) is 25.7 Å². The number of halogens is 5. The van der Waals surface area contributed by atoms with E-state index in [1.54, 1.807) is 6.07 Å². The van der Waals surface area contributed by atoms with Crippen LogP contribution >= 0.6 is 11.6 Å². The summed E-state index contributed by atoms with van der Waals surface area (Å²) in [5.41, 5.74) is 0.765. The Morgan fingerprint density at radius 1 is 0.970 bits per heavy atom. The van der Waals surface area contributed by atoms with Gasteiger partial charge in [-0.1, -0.05) is 49.1 Å². The van der Waals surface area contributed by atoms with Crippen LogP contribution in [0.15, 0.2) is 48.5 Å². The Bertz CT molecular complexity index is 1100. The van der Waals surface area contributed by atoms with E-state index in [0.29, 0.717) is 11.3 Å². The summed E-state index contributed by atoms with van der Waals surface area (Å²) in [5, 5.41) is 6.34. The molecule has 3 aromatic rings. The van der Waals surface area contributed by atoms with E-state index in [2.05, 4.69) is 25.3 Å². The molecule has 1 saturated carbocycles. The van der Waals surface area contributed by atoms with Crippen molar-refractivity contribution in [3.63, 3.8) is 0 Å². The summed E-state index contributed by atoms with van der Waals surface area (Å²) in [6.07, 6.45) is 0.457. The SMILES string of the molecule is Fc1cccc(Cl)c1Nc1cc(-c2cccc(OC(F)(F)F)c2)nc(NC2CCCCC2)n1. The molecule has 1 fully saturated rings. The van der Waals surface area contributed by atoms with Gasteiger partial charge in [-0.15, -0.1) is 13.2 Å². The predicted molar refractivity (Wildman–Crippen MR) is 119 cm³/mol. The average Bonchev–Trinajstić information content (AvgIpc) is 2.76. The van der Waals surface area contributed by atoms with E-state index in [4.69, 9.17) is 11.6 Å². The molecule has 0 saturated heterocycles. The standard InChI is InChI=1S/C23H21ClF4N4O/c24-17-10-5-11-18(25)21(17)31-20-13-19(14-6-4-9-16(12-14)33-23(26,27)28)30-22(32-20)29-15-7-2-1-3-8-15/h4-6,9-13,15H,1-3,7-8H2,(H2,29,30,31,32). The minimum Gasteiger partial charge on any atom is -0.406 e. The van der Waals surface area contributed by atoms with Crippen molar-refractivity contribution in [2.75, 3.05) is 10.6 Å². The predicted octanol–water partition coefficient (Wildman–Crippen LogP) is 7.32. The van der Waals surface area contributed by atoms with Crippen molar-refractivity contribution < 1.29 is 22.3 Å². The fourth-order valence-electron chi connectivity index (χ4n) is 3.75. The van der Waals surface area contributed by atoms with E-state index in [9.17, 15) is 17.6 Å². The molecule has 4 rings (SSSR count). The Hall–Kier alpha value is -3.07. The first-order valence-corrected chi connectivity index (χ1v) is 10.9. The number of nitrogens with one attached hydrogen (secondary N) is 2. The summed E-state index contributed by atoms with van der Waals surface area (Å²) >= 11 is 6.13. The molecule has 0 aliphatic heterocycles. The second kappa shape index (κ2) is 9.82. The number of anilines is 3. The quantitative estimate of drug-likeness (QED) is 0.362. The Kier molecular flexibility index (Phi) is 6.88. The number of para-hydroxylation sites is 1. The normalized spacial score (nSPS) is 14.7. The number of hydrogen-bond donors (Lipinski definition) is 2. The van der Waals surface area contributed by atoms with Gasteiger partial charge < -0.3 is 15.4 Å². The summed E-state index contributed by atoms with van der Waals surface area (Å²) in [6, 6.07) is 11.5. The summed E-state index contributed by atoms with van der Waals surface area (Å²) in [4.78, 5) is 8.94. The lowest BCUT2D eigenvalue weighted by Gasteiger charge is -2.23. The van der Waals surface area contributed by atoms with Crippen LogP contribution in [0.25, 0.3) is 11.3 Å². The van der Waals surface area contributed by atoms with E-state index in [-0.39, 0.29) is 34.3 Å². The summed E-state index contributed by atoms with van der Waals surface area (Å²) < 4.78 is 56.3. The zero-order valence-corrected chi connectivity index (χ0v) is 18.2. The second-order valence-corrected chi connectivity index (χ2v) is 8.15. The van der Waals surface area contributed by atoms with Gasteiger partial charge in [-0.05, 0) is 37.1 Å². The van der Waals surface area contributed by atoms with Crippen LogP contribution in [0.1, 0.15) is 32.1 Å². The minimum absolute atomic E-state index is 0.0431. The number of aromatic nitrogens is 2. The number of nitrogens with zero attached hydrogens (tertiary/aromatic N) is 2. The molecule has 2 N–H and O–H groups in total. The van der Waals surface area contributed by atoms with Gasteiger partial charge in [0.05, 0.1) is 16.4 Å². The third kappa shape index (κ3) is 6.25. The highest BCUT2D eigenvalue weighted by atomic mass is 35.5. The van der Waals surface area contributed by atoms with Crippen molar-refractivity contribution in [1.29, 1.82) is 0 Å². The topological polar surface area (TPSA) is 59.1 Å². The average molecular weight is 481 g/mol. The smallest absolute Gasteiger partial charge is 0.406 e. The molecule has 0 bridgehead atoms. The number of ether oxygens (including phenoxy) is 1. The van der Waals surface area contributed by atoms with Crippen LogP contribution in [0.4, 0.5) is 35.0 Å². The Labute approximate surface area is 193 Å². The summed E-state index contributed by atoms with van der Waals surface area (Å²) in [7, 11) is 0. The molecule has 2 aromatic carbocycles. The fraction of sp³-hybridized carbons (Fsp3) is 0.304. The third-order valence-corrected chi connectivity index (χ3v) is 5.56. The van der Waals surface area contributed by atoms with Crippen LogP contribution in [-0.2, 0) is 0 Å². The van der Waals surface area contributed by atoms with Gasteiger partial charge in [0, 0.05) is 17.7 Å². The Balaban J connectivity index is 1.70. The first-order chi connectivity index (χ1) is 15.8. The van der Waals surface area contributed by atoms with Gasteiger partial charge in [0.15, 0.2) is 0 Å². The molecular weight excluding hydrogens is 460 g/mol. The third-order valence-electron chi connectivity index (χ3n) is 5.24. The van der Waals surface area contributed by atoms with E-state index in [1.807, 2.05) is 0 Å². The maximum atomic E-state index is 14.3. The molecular formula is C23H21ClF4N4O. The molecule has 5 nitrogen and oxygen atoms in total. The number of alkyl halides is 3. The minimum atomic E-state index is -4.81.